The zero-order valence-electron chi connectivity index (χ0n) is 15.1. The van der Waals surface area contributed by atoms with Crippen molar-refractivity contribution in [2.75, 3.05) is 45.9 Å². The van der Waals surface area contributed by atoms with Gasteiger partial charge in [-0.15, -0.1) is 0 Å². The number of hydrogen-bond acceptors (Lipinski definition) is 3. The van der Waals surface area contributed by atoms with E-state index in [0.717, 1.165) is 58.3 Å². The number of nitrogens with one attached hydrogen (secondary N) is 1. The van der Waals surface area contributed by atoms with Gasteiger partial charge < -0.3 is 15.8 Å². The van der Waals surface area contributed by atoms with Crippen molar-refractivity contribution in [3.63, 3.8) is 0 Å². The van der Waals surface area contributed by atoms with Crippen molar-refractivity contribution in [3.8, 4) is 0 Å². The Hall–Kier alpha value is -0.810. The van der Waals surface area contributed by atoms with Gasteiger partial charge in [0.1, 0.15) is 0 Å². The zero-order chi connectivity index (χ0) is 16.5. The first kappa shape index (κ1) is 18.5. The third-order valence-corrected chi connectivity index (χ3v) is 5.15. The molecule has 2 fully saturated rings. The van der Waals surface area contributed by atoms with Crippen LogP contribution < -0.4 is 11.1 Å². The van der Waals surface area contributed by atoms with E-state index in [1.165, 1.54) is 32.1 Å². The maximum Gasteiger partial charge on any atom is 0.188 e. The molecule has 5 heteroatoms. The molecular formula is C18H36N4O. The molecule has 0 aromatic carbocycles. The number of ether oxygens (including phenoxy) is 1. The molecule has 1 heterocycles. The molecule has 1 saturated carbocycles. The van der Waals surface area contributed by atoms with E-state index in [0.29, 0.717) is 11.4 Å². The molecule has 0 aromatic rings. The Balaban J connectivity index is 1.65. The lowest BCUT2D eigenvalue weighted by Gasteiger charge is -2.29. The molecule has 3 N–H and O–H groups in total. The Morgan fingerprint density at radius 3 is 2.61 bits per heavy atom. The van der Waals surface area contributed by atoms with E-state index in [2.05, 4.69) is 29.1 Å². The van der Waals surface area contributed by atoms with Gasteiger partial charge in [-0.1, -0.05) is 26.7 Å². The van der Waals surface area contributed by atoms with Crippen molar-refractivity contribution in [1.29, 1.82) is 0 Å². The number of nitrogens with two attached hydrogens (primary N) is 1. The lowest BCUT2D eigenvalue weighted by Crippen LogP contribution is -2.39. The highest BCUT2D eigenvalue weighted by Crippen LogP contribution is 2.43. The van der Waals surface area contributed by atoms with Gasteiger partial charge in [0.15, 0.2) is 5.96 Å². The summed E-state index contributed by atoms with van der Waals surface area (Å²) in [4.78, 5) is 7.12. The van der Waals surface area contributed by atoms with Crippen LogP contribution in [-0.2, 0) is 4.74 Å². The van der Waals surface area contributed by atoms with E-state index in [-0.39, 0.29) is 0 Å². The van der Waals surface area contributed by atoms with Gasteiger partial charge in [-0.05, 0) is 43.6 Å². The monoisotopic (exact) mass is 324 g/mol. The molecule has 23 heavy (non-hydrogen) atoms. The molecule has 2 rings (SSSR count). The molecule has 0 unspecified atom stereocenters. The van der Waals surface area contributed by atoms with Gasteiger partial charge >= 0.3 is 0 Å². The van der Waals surface area contributed by atoms with Crippen LogP contribution in [-0.4, -0.2) is 56.8 Å². The number of morpholine rings is 1. The molecule has 0 radical (unpaired) electrons. The van der Waals surface area contributed by atoms with Crippen molar-refractivity contribution in [2.24, 2.45) is 22.1 Å². The van der Waals surface area contributed by atoms with Crippen molar-refractivity contribution in [1.82, 2.24) is 10.2 Å². The van der Waals surface area contributed by atoms with Gasteiger partial charge in [0, 0.05) is 26.2 Å². The van der Waals surface area contributed by atoms with Gasteiger partial charge in [0.25, 0.3) is 0 Å². The normalized spacial score (nSPS) is 22.7. The van der Waals surface area contributed by atoms with E-state index in [1.807, 2.05) is 0 Å². The largest absolute Gasteiger partial charge is 0.379 e. The number of hydrogen-bond donors (Lipinski definition) is 2. The highest BCUT2D eigenvalue weighted by atomic mass is 16.5. The Morgan fingerprint density at radius 1 is 1.26 bits per heavy atom. The van der Waals surface area contributed by atoms with Gasteiger partial charge in [0.05, 0.1) is 13.2 Å². The second-order valence-electron chi connectivity index (χ2n) is 7.74. The zero-order valence-corrected chi connectivity index (χ0v) is 15.1. The van der Waals surface area contributed by atoms with Crippen molar-refractivity contribution in [3.05, 3.63) is 0 Å². The maximum atomic E-state index is 6.07. The van der Waals surface area contributed by atoms with Crippen LogP contribution in [0.4, 0.5) is 0 Å². The van der Waals surface area contributed by atoms with Crippen molar-refractivity contribution >= 4 is 5.96 Å². The highest BCUT2D eigenvalue weighted by molar-refractivity contribution is 5.77. The number of rotatable bonds is 8. The second-order valence-corrected chi connectivity index (χ2v) is 7.74. The molecule has 0 aromatic heterocycles. The summed E-state index contributed by atoms with van der Waals surface area (Å²) in [7, 11) is 0. The predicted octanol–water partition coefficient (Wildman–Crippen LogP) is 2.22. The van der Waals surface area contributed by atoms with Crippen LogP contribution in [0.3, 0.4) is 0 Å². The Bertz CT molecular complexity index is 358. The standard InChI is InChI=1S/C18H36N4O/c1-16(2)14-18(6-3-4-7-18)15-21-17(19)20-8-5-9-22-10-12-23-13-11-22/h16H,3-15H2,1-2H3,(H3,19,20,21). The van der Waals surface area contributed by atoms with E-state index in [9.17, 15) is 0 Å². The minimum atomic E-state index is 0.411. The second kappa shape index (κ2) is 9.48. The highest BCUT2D eigenvalue weighted by Gasteiger charge is 2.34. The summed E-state index contributed by atoms with van der Waals surface area (Å²) in [6, 6.07) is 0. The topological polar surface area (TPSA) is 62.9 Å². The van der Waals surface area contributed by atoms with Gasteiger partial charge in [0.2, 0.25) is 0 Å². The van der Waals surface area contributed by atoms with Gasteiger partial charge in [-0.25, -0.2) is 0 Å². The van der Waals surface area contributed by atoms with E-state index in [1.54, 1.807) is 0 Å². The lowest BCUT2D eigenvalue weighted by atomic mass is 9.78. The quantitative estimate of drug-likeness (QED) is 0.408. The first-order valence-electron chi connectivity index (χ1n) is 9.44. The summed E-state index contributed by atoms with van der Waals surface area (Å²) in [6.07, 6.45) is 7.73. The summed E-state index contributed by atoms with van der Waals surface area (Å²) < 4.78 is 5.37. The molecule has 0 atom stereocenters. The molecule has 0 bridgehead atoms. The first-order valence-corrected chi connectivity index (χ1v) is 9.44. The Labute approximate surface area is 142 Å². The summed E-state index contributed by atoms with van der Waals surface area (Å²) in [5.41, 5.74) is 6.48. The fourth-order valence-electron chi connectivity index (χ4n) is 4.07. The Morgan fingerprint density at radius 2 is 1.96 bits per heavy atom. The third-order valence-electron chi connectivity index (χ3n) is 5.15. The lowest BCUT2D eigenvalue weighted by molar-refractivity contribution is 0.0376. The summed E-state index contributed by atoms with van der Waals surface area (Å²) in [5.74, 6) is 1.37. The van der Waals surface area contributed by atoms with Crippen molar-refractivity contribution < 1.29 is 4.74 Å². The minimum absolute atomic E-state index is 0.411. The molecular weight excluding hydrogens is 288 g/mol. The van der Waals surface area contributed by atoms with E-state index in [4.69, 9.17) is 10.5 Å². The van der Waals surface area contributed by atoms with Crippen LogP contribution >= 0.6 is 0 Å². The van der Waals surface area contributed by atoms with E-state index < -0.39 is 0 Å². The van der Waals surface area contributed by atoms with Gasteiger partial charge in [-0.3, -0.25) is 9.89 Å². The number of guanidine groups is 1. The van der Waals surface area contributed by atoms with Gasteiger partial charge in [-0.2, -0.15) is 0 Å². The Kier molecular flexibility index (Phi) is 7.63. The SMILES string of the molecule is CC(C)CC1(CN=C(N)NCCCN2CCOCC2)CCCC1. The molecule has 2 aliphatic rings. The first-order chi connectivity index (χ1) is 11.1. The van der Waals surface area contributed by atoms with Crippen LogP contribution in [0.15, 0.2) is 4.99 Å². The fraction of sp³-hybridized carbons (Fsp3) is 0.944. The maximum absolute atomic E-state index is 6.07. The summed E-state index contributed by atoms with van der Waals surface area (Å²) in [5, 5.41) is 3.29. The predicted molar refractivity (Wildman–Crippen MR) is 96.7 cm³/mol. The summed E-state index contributed by atoms with van der Waals surface area (Å²) >= 11 is 0. The average Bonchev–Trinajstić information content (AvgIpc) is 2.99. The molecule has 1 aliphatic carbocycles. The van der Waals surface area contributed by atoms with Crippen LogP contribution in [0.5, 0.6) is 0 Å². The molecule has 1 aliphatic heterocycles. The fourth-order valence-corrected chi connectivity index (χ4v) is 4.07. The average molecular weight is 325 g/mol. The molecule has 5 nitrogen and oxygen atoms in total. The van der Waals surface area contributed by atoms with Crippen LogP contribution in [0.2, 0.25) is 0 Å². The third kappa shape index (κ3) is 6.68. The van der Waals surface area contributed by atoms with E-state index >= 15 is 0 Å². The molecule has 1 saturated heterocycles. The van der Waals surface area contributed by atoms with Crippen molar-refractivity contribution in [2.45, 2.75) is 52.4 Å². The molecule has 134 valence electrons. The van der Waals surface area contributed by atoms with Crippen LogP contribution in [0.25, 0.3) is 0 Å². The smallest absolute Gasteiger partial charge is 0.188 e. The minimum Gasteiger partial charge on any atom is -0.379 e. The molecule has 0 amide bonds. The number of aliphatic imine (C=N–C) groups is 1. The molecule has 0 spiro atoms. The summed E-state index contributed by atoms with van der Waals surface area (Å²) in [6.45, 7) is 11.4. The van der Waals surface area contributed by atoms with Crippen LogP contribution in [0.1, 0.15) is 52.4 Å². The van der Waals surface area contributed by atoms with Crippen LogP contribution in [0, 0.1) is 11.3 Å². The number of nitrogens with zero attached hydrogens (tertiary/aromatic N) is 2.